The van der Waals surface area contributed by atoms with Crippen LogP contribution in [0.5, 0.6) is 0 Å². The summed E-state index contributed by atoms with van der Waals surface area (Å²) in [7, 11) is 0. The van der Waals surface area contributed by atoms with E-state index in [1.165, 1.54) is 31.2 Å². The molecule has 0 aromatic heterocycles. The fourth-order valence-corrected chi connectivity index (χ4v) is 3.05. The van der Waals surface area contributed by atoms with E-state index >= 15 is 0 Å². The zero-order valence-electron chi connectivity index (χ0n) is 10.6. The van der Waals surface area contributed by atoms with E-state index in [0.29, 0.717) is 5.92 Å². The molecule has 0 spiro atoms. The highest BCUT2D eigenvalue weighted by Gasteiger charge is 2.21. The summed E-state index contributed by atoms with van der Waals surface area (Å²) >= 11 is 6.33. The summed E-state index contributed by atoms with van der Waals surface area (Å²) in [6.45, 7) is 4.10. The Balaban J connectivity index is 2.16. The summed E-state index contributed by atoms with van der Waals surface area (Å²) in [5.74, 6) is 1.48. The van der Waals surface area contributed by atoms with Crippen molar-refractivity contribution < 1.29 is 5.11 Å². The van der Waals surface area contributed by atoms with Crippen molar-refractivity contribution in [1.29, 1.82) is 0 Å². The van der Waals surface area contributed by atoms with Crippen LogP contribution < -0.4 is 0 Å². The zero-order valence-corrected chi connectivity index (χ0v) is 11.4. The van der Waals surface area contributed by atoms with Crippen LogP contribution in [0.4, 0.5) is 0 Å². The molecule has 94 valence electrons. The molecule has 1 fully saturated rings. The van der Waals surface area contributed by atoms with Crippen LogP contribution in [0.15, 0.2) is 18.2 Å². The molecule has 0 amide bonds. The van der Waals surface area contributed by atoms with E-state index in [9.17, 15) is 5.11 Å². The Bertz CT molecular complexity index is 379. The largest absolute Gasteiger partial charge is 0.389 e. The topological polar surface area (TPSA) is 20.2 Å². The highest BCUT2D eigenvalue weighted by Crippen LogP contribution is 2.38. The molecular weight excluding hydrogens is 232 g/mol. The van der Waals surface area contributed by atoms with Crippen molar-refractivity contribution in [3.8, 4) is 0 Å². The minimum atomic E-state index is -0.437. The van der Waals surface area contributed by atoms with Gasteiger partial charge in [0, 0.05) is 5.02 Å². The molecule has 17 heavy (non-hydrogen) atoms. The van der Waals surface area contributed by atoms with E-state index in [4.69, 9.17) is 11.6 Å². The van der Waals surface area contributed by atoms with Gasteiger partial charge in [-0.05, 0) is 48.8 Å². The van der Waals surface area contributed by atoms with Crippen LogP contribution in [0.3, 0.4) is 0 Å². The lowest BCUT2D eigenvalue weighted by molar-refractivity contribution is 0.199. The van der Waals surface area contributed by atoms with E-state index in [1.807, 2.05) is 12.1 Å². The highest BCUT2D eigenvalue weighted by atomic mass is 35.5. The Kier molecular flexibility index (Phi) is 4.11. The predicted molar refractivity (Wildman–Crippen MR) is 72.5 cm³/mol. The lowest BCUT2D eigenvalue weighted by Crippen LogP contribution is -2.11. The lowest BCUT2D eigenvalue weighted by atomic mass is 9.79. The van der Waals surface area contributed by atoms with E-state index in [1.54, 1.807) is 6.92 Å². The quantitative estimate of drug-likeness (QED) is 0.810. The molecule has 1 aliphatic carbocycles. The van der Waals surface area contributed by atoms with Gasteiger partial charge in [-0.2, -0.15) is 0 Å². The van der Waals surface area contributed by atoms with Crippen molar-refractivity contribution >= 4 is 11.6 Å². The van der Waals surface area contributed by atoms with E-state index in [0.717, 1.165) is 16.5 Å². The Morgan fingerprint density at radius 3 is 2.41 bits per heavy atom. The zero-order chi connectivity index (χ0) is 12.4. The van der Waals surface area contributed by atoms with E-state index in [2.05, 4.69) is 13.0 Å². The third-order valence-electron chi connectivity index (χ3n) is 3.96. The number of aliphatic hydroxyl groups excluding tert-OH is 1. The van der Waals surface area contributed by atoms with Gasteiger partial charge in [0.25, 0.3) is 0 Å². The van der Waals surface area contributed by atoms with Gasteiger partial charge in [-0.3, -0.25) is 0 Å². The Morgan fingerprint density at radius 1 is 1.24 bits per heavy atom. The molecule has 0 aliphatic heterocycles. The third kappa shape index (κ3) is 3.02. The van der Waals surface area contributed by atoms with Crippen molar-refractivity contribution in [2.75, 3.05) is 0 Å². The number of aliphatic hydroxyl groups is 1. The van der Waals surface area contributed by atoms with Crippen LogP contribution >= 0.6 is 11.6 Å². The molecule has 1 N–H and O–H groups in total. The summed E-state index contributed by atoms with van der Waals surface area (Å²) < 4.78 is 0. The molecule has 1 nitrogen and oxygen atoms in total. The molecule has 0 bridgehead atoms. The van der Waals surface area contributed by atoms with Crippen LogP contribution in [-0.2, 0) is 0 Å². The fourth-order valence-electron chi connectivity index (χ4n) is 2.71. The molecule has 0 radical (unpaired) electrons. The first kappa shape index (κ1) is 12.9. The van der Waals surface area contributed by atoms with E-state index in [-0.39, 0.29) is 0 Å². The average Bonchev–Trinajstić information content (AvgIpc) is 2.30. The van der Waals surface area contributed by atoms with Gasteiger partial charge in [0.2, 0.25) is 0 Å². The lowest BCUT2D eigenvalue weighted by Gasteiger charge is -2.27. The van der Waals surface area contributed by atoms with Crippen molar-refractivity contribution in [2.45, 2.75) is 51.6 Å². The Hall–Kier alpha value is -0.530. The second-order valence-corrected chi connectivity index (χ2v) is 5.82. The first-order valence-electron chi connectivity index (χ1n) is 6.55. The van der Waals surface area contributed by atoms with Gasteiger partial charge in [0.1, 0.15) is 0 Å². The van der Waals surface area contributed by atoms with Crippen LogP contribution in [-0.4, -0.2) is 5.11 Å². The molecule has 1 unspecified atom stereocenters. The van der Waals surface area contributed by atoms with Gasteiger partial charge in [-0.1, -0.05) is 43.5 Å². The first-order chi connectivity index (χ1) is 8.08. The number of hydrogen-bond donors (Lipinski definition) is 1. The summed E-state index contributed by atoms with van der Waals surface area (Å²) in [6.07, 6.45) is 4.66. The van der Waals surface area contributed by atoms with Crippen molar-refractivity contribution in [1.82, 2.24) is 0 Å². The highest BCUT2D eigenvalue weighted by molar-refractivity contribution is 6.31. The third-order valence-corrected chi connectivity index (χ3v) is 4.29. The molecule has 0 heterocycles. The molecular formula is C15H21ClO. The number of halogens is 1. The van der Waals surface area contributed by atoms with Crippen LogP contribution in [0.1, 0.15) is 62.7 Å². The van der Waals surface area contributed by atoms with Gasteiger partial charge in [-0.25, -0.2) is 0 Å². The molecule has 1 aliphatic rings. The first-order valence-corrected chi connectivity index (χ1v) is 6.93. The van der Waals surface area contributed by atoms with Crippen molar-refractivity contribution in [3.63, 3.8) is 0 Å². The molecule has 1 aromatic rings. The minimum Gasteiger partial charge on any atom is -0.389 e. The Morgan fingerprint density at radius 2 is 1.88 bits per heavy atom. The molecule has 1 atom stereocenters. The predicted octanol–water partition coefficient (Wildman–Crippen LogP) is 4.69. The average molecular weight is 253 g/mol. The van der Waals surface area contributed by atoms with E-state index < -0.39 is 6.10 Å². The smallest absolute Gasteiger partial charge is 0.0762 e. The van der Waals surface area contributed by atoms with Crippen LogP contribution in [0.25, 0.3) is 0 Å². The second-order valence-electron chi connectivity index (χ2n) is 5.41. The maximum atomic E-state index is 9.53. The van der Waals surface area contributed by atoms with Gasteiger partial charge >= 0.3 is 0 Å². The standard InChI is InChI=1S/C15H21ClO/c1-10-3-5-12(6-4-10)14-8-7-13(11(2)17)9-15(14)16/h7-12,17H,3-6H2,1-2H3. The van der Waals surface area contributed by atoms with Crippen LogP contribution in [0.2, 0.25) is 5.02 Å². The summed E-state index contributed by atoms with van der Waals surface area (Å²) in [5, 5.41) is 10.3. The summed E-state index contributed by atoms with van der Waals surface area (Å²) in [4.78, 5) is 0. The van der Waals surface area contributed by atoms with Gasteiger partial charge < -0.3 is 5.11 Å². The maximum Gasteiger partial charge on any atom is 0.0762 e. The summed E-state index contributed by atoms with van der Waals surface area (Å²) in [5.41, 5.74) is 2.17. The molecule has 2 heteroatoms. The van der Waals surface area contributed by atoms with Crippen molar-refractivity contribution in [2.24, 2.45) is 5.92 Å². The van der Waals surface area contributed by atoms with Gasteiger partial charge in [0.05, 0.1) is 6.10 Å². The van der Waals surface area contributed by atoms with Gasteiger partial charge in [-0.15, -0.1) is 0 Å². The van der Waals surface area contributed by atoms with Gasteiger partial charge in [0.15, 0.2) is 0 Å². The minimum absolute atomic E-state index is 0.437. The summed E-state index contributed by atoms with van der Waals surface area (Å²) in [6, 6.07) is 6.02. The molecule has 1 aromatic carbocycles. The second kappa shape index (κ2) is 5.41. The molecule has 2 rings (SSSR count). The number of benzene rings is 1. The molecule has 0 saturated heterocycles. The normalized spacial score (nSPS) is 26.8. The Labute approximate surface area is 109 Å². The SMILES string of the molecule is CC1CCC(c2ccc(C(C)O)cc2Cl)CC1. The number of rotatable bonds is 2. The maximum absolute atomic E-state index is 9.53. The fraction of sp³-hybridized carbons (Fsp3) is 0.600. The number of hydrogen-bond acceptors (Lipinski definition) is 1. The van der Waals surface area contributed by atoms with Crippen LogP contribution in [0, 0.1) is 5.92 Å². The van der Waals surface area contributed by atoms with Crippen molar-refractivity contribution in [3.05, 3.63) is 34.3 Å². The molecule has 1 saturated carbocycles. The monoisotopic (exact) mass is 252 g/mol.